The van der Waals surface area contributed by atoms with Gasteiger partial charge in [-0.15, -0.1) is 0 Å². The Bertz CT molecular complexity index is 394. The van der Waals surface area contributed by atoms with E-state index in [1.807, 2.05) is 0 Å². The number of carbonyl (C=O) groups is 1. The monoisotopic (exact) mass is 397 g/mol. The lowest BCUT2D eigenvalue weighted by Crippen LogP contribution is -2.41. The van der Waals surface area contributed by atoms with Crippen LogP contribution in [-0.2, 0) is 9.53 Å². The minimum atomic E-state index is -6.00. The minimum Gasteiger partial charge on any atom is -0.463 e. The molecule has 0 radical (unpaired) electrons. The molecule has 0 spiro atoms. The van der Waals surface area contributed by atoms with Gasteiger partial charge in [-0.3, -0.25) is 0 Å². The van der Waals surface area contributed by atoms with Gasteiger partial charge in [0, 0.05) is 18.9 Å². The van der Waals surface area contributed by atoms with Gasteiger partial charge in [0.25, 0.3) is 0 Å². The van der Waals surface area contributed by atoms with Crippen molar-refractivity contribution in [3.8, 4) is 0 Å². The van der Waals surface area contributed by atoms with Crippen LogP contribution in [-0.4, -0.2) is 51.0 Å². The zero-order chi connectivity index (χ0) is 20.6. The lowest BCUT2D eigenvalue weighted by molar-refractivity contribution is -0.897. The molecule has 0 aromatic rings. The minimum absolute atomic E-state index is 0.301. The molecule has 27 heavy (non-hydrogen) atoms. The fourth-order valence-electron chi connectivity index (χ4n) is 3.39. The molecule has 0 saturated carbocycles. The SMILES string of the molecule is C=CC(=O)OCCCCCCCCCCC[N+]1(C)CCCC1.F[B-](F)(F)F. The molecule has 0 aliphatic carbocycles. The highest BCUT2D eigenvalue weighted by Gasteiger charge is 2.25. The predicted octanol–water partition coefficient (Wildman–Crippen LogP) is 5.77. The van der Waals surface area contributed by atoms with Crippen molar-refractivity contribution in [3.05, 3.63) is 12.7 Å². The van der Waals surface area contributed by atoms with Gasteiger partial charge in [0.1, 0.15) is 0 Å². The number of rotatable bonds is 13. The quantitative estimate of drug-likeness (QED) is 0.0986. The van der Waals surface area contributed by atoms with Gasteiger partial charge in [-0.1, -0.05) is 45.1 Å². The molecule has 1 aliphatic heterocycles. The average Bonchev–Trinajstić information content (AvgIpc) is 3.01. The van der Waals surface area contributed by atoms with Crippen molar-refractivity contribution in [2.75, 3.05) is 33.3 Å². The van der Waals surface area contributed by atoms with Crippen LogP contribution >= 0.6 is 0 Å². The van der Waals surface area contributed by atoms with Gasteiger partial charge in [0.2, 0.25) is 0 Å². The Morgan fingerprint density at radius 3 is 1.78 bits per heavy atom. The third-order valence-corrected chi connectivity index (χ3v) is 4.90. The second kappa shape index (κ2) is 14.9. The smallest absolute Gasteiger partial charge is 0.463 e. The number of unbranched alkanes of at least 4 members (excludes halogenated alkanes) is 8. The first-order chi connectivity index (χ1) is 12.7. The number of ether oxygens (including phenoxy) is 1. The molecule has 0 aromatic heterocycles. The van der Waals surface area contributed by atoms with E-state index in [2.05, 4.69) is 13.6 Å². The van der Waals surface area contributed by atoms with Crippen molar-refractivity contribution >= 4 is 13.2 Å². The molecule has 3 nitrogen and oxygen atoms in total. The van der Waals surface area contributed by atoms with Crippen LogP contribution in [0.4, 0.5) is 17.3 Å². The molecule has 8 heteroatoms. The molecular formula is C19H36BF4NO2. The van der Waals surface area contributed by atoms with Crippen LogP contribution in [0.15, 0.2) is 12.7 Å². The standard InChI is InChI=1S/C19H36NO2.BF4/c1-3-19(21)22-18-14-10-8-6-4-5-7-9-11-15-20(2)16-12-13-17-20;2-1(3,4)5/h3H,1,4-18H2,2H3;/q+1;-1. The third-order valence-electron chi connectivity index (χ3n) is 4.90. The summed E-state index contributed by atoms with van der Waals surface area (Å²) in [5, 5.41) is 0. The van der Waals surface area contributed by atoms with Crippen molar-refractivity contribution in [2.45, 2.75) is 70.6 Å². The molecule has 160 valence electrons. The molecule has 1 saturated heterocycles. The Balaban J connectivity index is 0.00000119. The molecule has 1 heterocycles. The van der Waals surface area contributed by atoms with Crippen LogP contribution in [0.5, 0.6) is 0 Å². The summed E-state index contributed by atoms with van der Waals surface area (Å²) < 4.78 is 45.3. The Kier molecular flexibility index (Phi) is 14.4. The largest absolute Gasteiger partial charge is 0.673 e. The Hall–Kier alpha value is -1.05. The first kappa shape index (κ1) is 26.0. The van der Waals surface area contributed by atoms with E-state index in [-0.39, 0.29) is 5.97 Å². The zero-order valence-corrected chi connectivity index (χ0v) is 16.7. The highest BCUT2D eigenvalue weighted by atomic mass is 19.5. The second-order valence-electron chi connectivity index (χ2n) is 7.55. The molecule has 0 N–H and O–H groups in total. The fourth-order valence-corrected chi connectivity index (χ4v) is 3.39. The number of quaternary nitrogens is 1. The third kappa shape index (κ3) is 19.5. The van der Waals surface area contributed by atoms with E-state index in [0.29, 0.717) is 6.61 Å². The van der Waals surface area contributed by atoms with Crippen LogP contribution in [0.25, 0.3) is 0 Å². The number of nitrogens with zero attached hydrogens (tertiary/aromatic N) is 1. The summed E-state index contributed by atoms with van der Waals surface area (Å²) in [6, 6.07) is 0. The highest BCUT2D eigenvalue weighted by Crippen LogP contribution is 2.18. The van der Waals surface area contributed by atoms with Gasteiger partial charge in [-0.25, -0.2) is 4.79 Å². The maximum absolute atomic E-state index is 10.8. The van der Waals surface area contributed by atoms with E-state index in [9.17, 15) is 22.1 Å². The Morgan fingerprint density at radius 1 is 0.926 bits per heavy atom. The molecule has 0 bridgehead atoms. The Morgan fingerprint density at radius 2 is 1.33 bits per heavy atom. The number of hydrogen-bond acceptors (Lipinski definition) is 2. The average molecular weight is 397 g/mol. The summed E-state index contributed by atoms with van der Waals surface area (Å²) in [4.78, 5) is 10.8. The van der Waals surface area contributed by atoms with E-state index < -0.39 is 7.25 Å². The molecule has 0 unspecified atom stereocenters. The zero-order valence-electron chi connectivity index (χ0n) is 16.7. The summed E-state index contributed by atoms with van der Waals surface area (Å²) in [7, 11) is -3.57. The lowest BCUT2D eigenvalue weighted by Gasteiger charge is -2.29. The normalized spacial score (nSPS) is 15.7. The van der Waals surface area contributed by atoms with Crippen molar-refractivity contribution in [1.29, 1.82) is 0 Å². The summed E-state index contributed by atoms with van der Waals surface area (Å²) in [6.45, 7) is 8.13. The first-order valence-electron chi connectivity index (χ1n) is 10.2. The van der Waals surface area contributed by atoms with E-state index in [0.717, 1.165) is 6.42 Å². The van der Waals surface area contributed by atoms with Crippen LogP contribution in [0.2, 0.25) is 0 Å². The number of esters is 1. The van der Waals surface area contributed by atoms with E-state index in [1.165, 1.54) is 94.4 Å². The summed E-state index contributed by atoms with van der Waals surface area (Å²) in [5.41, 5.74) is 0. The molecule has 1 fully saturated rings. The van der Waals surface area contributed by atoms with Crippen molar-refractivity contribution in [3.63, 3.8) is 0 Å². The summed E-state index contributed by atoms with van der Waals surface area (Å²) in [6.07, 6.45) is 15.8. The predicted molar refractivity (Wildman–Crippen MR) is 103 cm³/mol. The number of likely N-dealkylation sites (tertiary alicyclic amines) is 1. The van der Waals surface area contributed by atoms with Gasteiger partial charge in [-0.2, -0.15) is 0 Å². The molecule has 1 rings (SSSR count). The number of carbonyl (C=O) groups excluding carboxylic acids is 1. The second-order valence-corrected chi connectivity index (χ2v) is 7.55. The van der Waals surface area contributed by atoms with Crippen LogP contribution in [0, 0.1) is 0 Å². The van der Waals surface area contributed by atoms with Gasteiger partial charge >= 0.3 is 13.2 Å². The number of halogens is 4. The van der Waals surface area contributed by atoms with Gasteiger partial charge in [0.05, 0.1) is 33.3 Å². The van der Waals surface area contributed by atoms with Crippen LogP contribution in [0.3, 0.4) is 0 Å². The molecular weight excluding hydrogens is 361 g/mol. The maximum Gasteiger partial charge on any atom is 0.673 e. The number of hydrogen-bond donors (Lipinski definition) is 0. The topological polar surface area (TPSA) is 26.3 Å². The fraction of sp³-hybridized carbons (Fsp3) is 0.842. The van der Waals surface area contributed by atoms with E-state index in [1.54, 1.807) is 0 Å². The van der Waals surface area contributed by atoms with Gasteiger partial charge in [0.15, 0.2) is 0 Å². The van der Waals surface area contributed by atoms with E-state index >= 15 is 0 Å². The van der Waals surface area contributed by atoms with E-state index in [4.69, 9.17) is 4.74 Å². The Labute approximate surface area is 161 Å². The van der Waals surface area contributed by atoms with Crippen molar-refractivity contribution in [1.82, 2.24) is 0 Å². The van der Waals surface area contributed by atoms with Crippen molar-refractivity contribution < 1.29 is 31.3 Å². The summed E-state index contributed by atoms with van der Waals surface area (Å²) in [5.74, 6) is -0.301. The van der Waals surface area contributed by atoms with Gasteiger partial charge < -0.3 is 26.5 Å². The molecule has 1 aliphatic rings. The van der Waals surface area contributed by atoms with Gasteiger partial charge in [-0.05, 0) is 19.3 Å². The highest BCUT2D eigenvalue weighted by molar-refractivity contribution is 6.50. The van der Waals surface area contributed by atoms with Crippen LogP contribution < -0.4 is 0 Å². The summed E-state index contributed by atoms with van der Waals surface area (Å²) >= 11 is 0. The molecule has 0 amide bonds. The molecule has 0 aromatic carbocycles. The van der Waals surface area contributed by atoms with Crippen LogP contribution in [0.1, 0.15) is 70.6 Å². The molecule has 0 atom stereocenters. The first-order valence-corrected chi connectivity index (χ1v) is 10.2. The van der Waals surface area contributed by atoms with Crippen molar-refractivity contribution in [2.24, 2.45) is 0 Å². The maximum atomic E-state index is 10.8. The lowest BCUT2D eigenvalue weighted by atomic mass is 10.1.